The molecule has 27 heavy (non-hydrogen) atoms. The zero-order valence-corrected chi connectivity index (χ0v) is 16.1. The normalized spacial score (nSPS) is 12.7. The standard InChI is InChI=1S/C20H25FN4O2/c1-13(2)16-10-15-12-23-19(24-18(22-4)7-6-14(3)21)11-17(15)25(20(16)26)8-9-27-5/h6-7,10-13H,4,8-9H2,1-3,5H3,(H,23,24)/b14-6+,18-7+. The van der Waals surface area contributed by atoms with E-state index in [1.165, 1.54) is 19.1 Å². The zero-order valence-electron chi connectivity index (χ0n) is 16.1. The summed E-state index contributed by atoms with van der Waals surface area (Å²) in [5, 5.41) is 3.84. The summed E-state index contributed by atoms with van der Waals surface area (Å²) in [7, 11) is 1.60. The summed E-state index contributed by atoms with van der Waals surface area (Å²) in [6.45, 7) is 9.63. The molecular formula is C20H25FN4O2. The molecule has 6 nitrogen and oxygen atoms in total. The van der Waals surface area contributed by atoms with Crippen molar-refractivity contribution < 1.29 is 9.13 Å². The Kier molecular flexibility index (Phi) is 7.01. The zero-order chi connectivity index (χ0) is 20.0. The van der Waals surface area contributed by atoms with Gasteiger partial charge in [-0.2, -0.15) is 0 Å². The highest BCUT2D eigenvalue weighted by atomic mass is 19.1. The first-order valence-corrected chi connectivity index (χ1v) is 8.67. The number of anilines is 1. The molecule has 144 valence electrons. The van der Waals surface area contributed by atoms with Crippen LogP contribution in [0.5, 0.6) is 0 Å². The van der Waals surface area contributed by atoms with Crippen LogP contribution in [0.4, 0.5) is 10.2 Å². The summed E-state index contributed by atoms with van der Waals surface area (Å²) in [4.78, 5) is 21.1. The minimum Gasteiger partial charge on any atom is -0.383 e. The Bertz CT molecular complexity index is 941. The fraction of sp³-hybridized carbons (Fsp3) is 0.350. The van der Waals surface area contributed by atoms with Crippen molar-refractivity contribution in [1.82, 2.24) is 9.55 Å². The molecule has 1 N–H and O–H groups in total. The van der Waals surface area contributed by atoms with Gasteiger partial charge in [-0.05, 0) is 37.8 Å². The van der Waals surface area contributed by atoms with E-state index in [4.69, 9.17) is 4.74 Å². The number of allylic oxidation sites excluding steroid dienone is 3. The Labute approximate surface area is 158 Å². The monoisotopic (exact) mass is 372 g/mol. The van der Waals surface area contributed by atoms with Gasteiger partial charge in [-0.25, -0.2) is 14.4 Å². The molecule has 0 spiro atoms. The van der Waals surface area contributed by atoms with E-state index in [-0.39, 0.29) is 17.3 Å². The predicted octanol–water partition coefficient (Wildman–Crippen LogP) is 3.99. The number of rotatable bonds is 8. The lowest BCUT2D eigenvalue weighted by Gasteiger charge is -2.15. The lowest BCUT2D eigenvalue weighted by Crippen LogP contribution is -2.26. The number of halogens is 1. The summed E-state index contributed by atoms with van der Waals surface area (Å²) < 4.78 is 19.8. The second-order valence-electron chi connectivity index (χ2n) is 6.42. The third-order valence-electron chi connectivity index (χ3n) is 4.04. The fourth-order valence-corrected chi connectivity index (χ4v) is 2.64. The summed E-state index contributed by atoms with van der Waals surface area (Å²) in [5.41, 5.74) is 1.43. The Balaban J connectivity index is 2.55. The van der Waals surface area contributed by atoms with Crippen molar-refractivity contribution in [2.45, 2.75) is 33.2 Å². The molecule has 2 heterocycles. The number of hydrogen-bond acceptors (Lipinski definition) is 5. The van der Waals surface area contributed by atoms with E-state index in [1.54, 1.807) is 23.9 Å². The number of methoxy groups -OCH3 is 1. The van der Waals surface area contributed by atoms with Crippen LogP contribution in [0.15, 0.2) is 51.9 Å². The molecular weight excluding hydrogens is 347 g/mol. The number of aromatic nitrogens is 2. The molecule has 0 radical (unpaired) electrons. The molecule has 0 saturated heterocycles. The maximum Gasteiger partial charge on any atom is 0.254 e. The highest BCUT2D eigenvalue weighted by Gasteiger charge is 2.13. The van der Waals surface area contributed by atoms with Gasteiger partial charge in [-0.1, -0.05) is 13.8 Å². The molecule has 0 unspecified atom stereocenters. The van der Waals surface area contributed by atoms with Crippen LogP contribution < -0.4 is 10.9 Å². The summed E-state index contributed by atoms with van der Waals surface area (Å²) in [5.74, 6) is 0.583. The largest absolute Gasteiger partial charge is 0.383 e. The van der Waals surface area contributed by atoms with Crippen molar-refractivity contribution in [3.05, 3.63) is 58.0 Å². The lowest BCUT2D eigenvalue weighted by molar-refractivity contribution is 0.187. The third kappa shape index (κ3) is 5.10. The van der Waals surface area contributed by atoms with Crippen LogP contribution in [0.1, 0.15) is 32.3 Å². The molecule has 7 heteroatoms. The Hall–Kier alpha value is -2.80. The van der Waals surface area contributed by atoms with Gasteiger partial charge in [-0.3, -0.25) is 4.79 Å². The van der Waals surface area contributed by atoms with Crippen LogP contribution >= 0.6 is 0 Å². The van der Waals surface area contributed by atoms with Crippen LogP contribution in [0, 0.1) is 0 Å². The topological polar surface area (TPSA) is 68.5 Å². The van der Waals surface area contributed by atoms with Crippen LogP contribution in [0.25, 0.3) is 10.9 Å². The van der Waals surface area contributed by atoms with Gasteiger partial charge in [0, 0.05) is 36.9 Å². The smallest absolute Gasteiger partial charge is 0.254 e. The number of nitrogens with one attached hydrogen (secondary N) is 1. The SMILES string of the molecule is C=N/C(=C\C=C(/C)F)Nc1cc2c(cn1)cc(C(C)C)c(=O)n2CCOC. The van der Waals surface area contributed by atoms with Crippen molar-refractivity contribution in [1.29, 1.82) is 0 Å². The average Bonchev–Trinajstić information content (AvgIpc) is 2.63. The Morgan fingerprint density at radius 1 is 1.44 bits per heavy atom. The molecule has 2 rings (SSSR count). The second kappa shape index (κ2) is 9.23. The van der Waals surface area contributed by atoms with Crippen molar-refractivity contribution in [2.75, 3.05) is 19.0 Å². The maximum atomic E-state index is 12.9. The summed E-state index contributed by atoms with van der Waals surface area (Å²) in [6, 6.07) is 3.64. The average molecular weight is 372 g/mol. The van der Waals surface area contributed by atoms with Gasteiger partial charge in [0.05, 0.1) is 18.0 Å². The van der Waals surface area contributed by atoms with Crippen LogP contribution in [0.2, 0.25) is 0 Å². The van der Waals surface area contributed by atoms with Gasteiger partial charge >= 0.3 is 0 Å². The van der Waals surface area contributed by atoms with Crippen molar-refractivity contribution in [2.24, 2.45) is 4.99 Å². The van der Waals surface area contributed by atoms with Gasteiger partial charge in [0.2, 0.25) is 0 Å². The first-order chi connectivity index (χ1) is 12.9. The molecule has 0 saturated carbocycles. The lowest BCUT2D eigenvalue weighted by atomic mass is 10.0. The van der Waals surface area contributed by atoms with Crippen LogP contribution in [-0.2, 0) is 11.3 Å². The van der Waals surface area contributed by atoms with E-state index >= 15 is 0 Å². The van der Waals surface area contributed by atoms with Crippen molar-refractivity contribution >= 4 is 23.4 Å². The molecule has 0 fully saturated rings. The van der Waals surface area contributed by atoms with Gasteiger partial charge in [0.15, 0.2) is 0 Å². The first-order valence-electron chi connectivity index (χ1n) is 8.67. The minimum atomic E-state index is -0.348. The van der Waals surface area contributed by atoms with Gasteiger partial charge < -0.3 is 14.6 Å². The third-order valence-corrected chi connectivity index (χ3v) is 4.04. The van der Waals surface area contributed by atoms with E-state index in [9.17, 15) is 9.18 Å². The van der Waals surface area contributed by atoms with Crippen molar-refractivity contribution in [3.8, 4) is 0 Å². The van der Waals surface area contributed by atoms with Gasteiger partial charge in [0.25, 0.3) is 5.56 Å². The van der Waals surface area contributed by atoms with E-state index in [0.29, 0.717) is 24.8 Å². The molecule has 0 aromatic carbocycles. The molecule has 2 aromatic rings. The van der Waals surface area contributed by atoms with E-state index < -0.39 is 0 Å². The number of nitrogens with zero attached hydrogens (tertiary/aromatic N) is 3. The molecule has 0 aliphatic carbocycles. The first kappa shape index (κ1) is 20.5. The number of fused-ring (bicyclic) bond motifs is 1. The second-order valence-corrected chi connectivity index (χ2v) is 6.42. The number of aliphatic imine (C=N–C) groups is 1. The number of ether oxygens (including phenoxy) is 1. The maximum absolute atomic E-state index is 12.9. The Morgan fingerprint density at radius 3 is 2.78 bits per heavy atom. The van der Waals surface area contributed by atoms with Gasteiger partial charge in [0.1, 0.15) is 11.6 Å². The summed E-state index contributed by atoms with van der Waals surface area (Å²) in [6.07, 6.45) is 4.44. The quantitative estimate of drug-likeness (QED) is 0.562. The van der Waals surface area contributed by atoms with E-state index in [2.05, 4.69) is 22.0 Å². The van der Waals surface area contributed by atoms with Gasteiger partial charge in [-0.15, -0.1) is 0 Å². The molecule has 0 aliphatic rings. The molecule has 0 amide bonds. The number of pyridine rings is 2. The van der Waals surface area contributed by atoms with E-state index in [0.717, 1.165) is 16.5 Å². The fourth-order valence-electron chi connectivity index (χ4n) is 2.64. The van der Waals surface area contributed by atoms with Crippen LogP contribution in [-0.4, -0.2) is 30.0 Å². The molecule has 0 aliphatic heterocycles. The highest BCUT2D eigenvalue weighted by molar-refractivity contribution is 5.81. The highest BCUT2D eigenvalue weighted by Crippen LogP contribution is 2.21. The predicted molar refractivity (Wildman–Crippen MR) is 108 cm³/mol. The van der Waals surface area contributed by atoms with Crippen molar-refractivity contribution in [3.63, 3.8) is 0 Å². The Morgan fingerprint density at radius 2 is 2.19 bits per heavy atom. The molecule has 0 bridgehead atoms. The molecule has 2 aromatic heterocycles. The van der Waals surface area contributed by atoms with E-state index in [1.807, 2.05) is 19.9 Å². The summed E-state index contributed by atoms with van der Waals surface area (Å²) >= 11 is 0. The number of hydrogen-bond donors (Lipinski definition) is 1. The van der Waals surface area contributed by atoms with Crippen LogP contribution in [0.3, 0.4) is 0 Å². The molecule has 0 atom stereocenters. The minimum absolute atomic E-state index is 0.0414.